The SMILES string of the molecule is CC(C)NC(=O)[C@@H](C)N(CCc1ccccc1)C(=O)CCSCc1ccccc1. The third-order valence-electron chi connectivity index (χ3n) is 4.65. The van der Waals surface area contributed by atoms with Crippen molar-refractivity contribution in [2.24, 2.45) is 0 Å². The molecule has 1 atom stereocenters. The standard InChI is InChI=1S/C24H32N2O2S/c1-19(2)25-24(28)20(3)26(16-14-21-10-6-4-7-11-21)23(27)15-17-29-18-22-12-8-5-9-13-22/h4-13,19-20H,14-18H2,1-3H3,(H,25,28)/t20-/m1/s1. The molecule has 0 fully saturated rings. The van der Waals surface area contributed by atoms with Crippen molar-refractivity contribution in [2.75, 3.05) is 12.3 Å². The van der Waals surface area contributed by atoms with E-state index in [9.17, 15) is 9.59 Å². The van der Waals surface area contributed by atoms with E-state index in [0.717, 1.165) is 17.9 Å². The van der Waals surface area contributed by atoms with Crippen LogP contribution in [0.15, 0.2) is 60.7 Å². The molecule has 0 aliphatic carbocycles. The fraction of sp³-hybridized carbons (Fsp3) is 0.417. The first-order chi connectivity index (χ1) is 14.0. The molecule has 0 bridgehead atoms. The molecule has 2 aromatic rings. The highest BCUT2D eigenvalue weighted by atomic mass is 32.2. The largest absolute Gasteiger partial charge is 0.352 e. The van der Waals surface area contributed by atoms with Gasteiger partial charge in [-0.15, -0.1) is 0 Å². The van der Waals surface area contributed by atoms with Crippen LogP contribution in [0.25, 0.3) is 0 Å². The van der Waals surface area contributed by atoms with Crippen LogP contribution in [0, 0.1) is 0 Å². The Kier molecular flexibility index (Phi) is 9.78. The van der Waals surface area contributed by atoms with Crippen molar-refractivity contribution < 1.29 is 9.59 Å². The maximum atomic E-state index is 12.9. The molecule has 0 aliphatic rings. The average Bonchev–Trinajstić information content (AvgIpc) is 2.72. The number of amides is 2. The minimum Gasteiger partial charge on any atom is -0.352 e. The van der Waals surface area contributed by atoms with Gasteiger partial charge in [-0.1, -0.05) is 60.7 Å². The zero-order chi connectivity index (χ0) is 21.1. The van der Waals surface area contributed by atoms with E-state index in [-0.39, 0.29) is 17.9 Å². The summed E-state index contributed by atoms with van der Waals surface area (Å²) in [5, 5.41) is 2.93. The van der Waals surface area contributed by atoms with Crippen molar-refractivity contribution in [1.29, 1.82) is 0 Å². The molecular formula is C24H32N2O2S. The van der Waals surface area contributed by atoms with Crippen molar-refractivity contribution >= 4 is 23.6 Å². The molecule has 29 heavy (non-hydrogen) atoms. The highest BCUT2D eigenvalue weighted by molar-refractivity contribution is 7.98. The second kappa shape index (κ2) is 12.3. The zero-order valence-electron chi connectivity index (χ0n) is 17.6. The number of nitrogens with zero attached hydrogens (tertiary/aromatic N) is 1. The van der Waals surface area contributed by atoms with Crippen LogP contribution in [0.1, 0.15) is 38.3 Å². The number of benzene rings is 2. The van der Waals surface area contributed by atoms with Crippen molar-refractivity contribution in [3.05, 3.63) is 71.8 Å². The van der Waals surface area contributed by atoms with Crippen LogP contribution in [0.4, 0.5) is 0 Å². The van der Waals surface area contributed by atoms with Gasteiger partial charge in [-0.05, 0) is 38.3 Å². The fourth-order valence-corrected chi connectivity index (χ4v) is 3.93. The van der Waals surface area contributed by atoms with Gasteiger partial charge in [0.2, 0.25) is 11.8 Å². The molecule has 0 spiro atoms. The normalized spacial score (nSPS) is 11.9. The summed E-state index contributed by atoms with van der Waals surface area (Å²) in [6, 6.07) is 19.9. The summed E-state index contributed by atoms with van der Waals surface area (Å²) in [5.41, 5.74) is 2.43. The molecule has 0 aromatic heterocycles. The Morgan fingerprint density at radius 3 is 2.10 bits per heavy atom. The van der Waals surface area contributed by atoms with Crippen LogP contribution >= 0.6 is 11.8 Å². The minimum absolute atomic E-state index is 0.0351. The van der Waals surface area contributed by atoms with E-state index in [1.165, 1.54) is 11.1 Å². The molecule has 2 rings (SSSR count). The lowest BCUT2D eigenvalue weighted by atomic mass is 10.1. The summed E-state index contributed by atoms with van der Waals surface area (Å²) in [7, 11) is 0. The third-order valence-corrected chi connectivity index (χ3v) is 5.68. The maximum absolute atomic E-state index is 12.9. The number of thioether (sulfide) groups is 1. The summed E-state index contributed by atoms with van der Waals surface area (Å²) in [6.07, 6.45) is 1.18. The second-order valence-electron chi connectivity index (χ2n) is 7.45. The summed E-state index contributed by atoms with van der Waals surface area (Å²) in [6.45, 7) is 6.22. The molecule has 0 radical (unpaired) electrons. The zero-order valence-corrected chi connectivity index (χ0v) is 18.5. The first-order valence-electron chi connectivity index (χ1n) is 10.2. The molecular weight excluding hydrogens is 380 g/mol. The Hall–Kier alpha value is -2.27. The van der Waals surface area contributed by atoms with Gasteiger partial charge in [-0.25, -0.2) is 0 Å². The molecule has 0 saturated heterocycles. The number of carbonyl (C=O) groups excluding carboxylic acids is 2. The second-order valence-corrected chi connectivity index (χ2v) is 8.56. The molecule has 0 aliphatic heterocycles. The van der Waals surface area contributed by atoms with Gasteiger partial charge in [0, 0.05) is 30.5 Å². The van der Waals surface area contributed by atoms with Gasteiger partial charge >= 0.3 is 0 Å². The van der Waals surface area contributed by atoms with E-state index in [0.29, 0.717) is 13.0 Å². The molecule has 156 valence electrons. The molecule has 0 unspecified atom stereocenters. The average molecular weight is 413 g/mol. The Morgan fingerprint density at radius 1 is 0.931 bits per heavy atom. The minimum atomic E-state index is -0.479. The van der Waals surface area contributed by atoms with Gasteiger partial charge in [0.25, 0.3) is 0 Å². The lowest BCUT2D eigenvalue weighted by Crippen LogP contribution is -2.50. The highest BCUT2D eigenvalue weighted by Crippen LogP contribution is 2.15. The van der Waals surface area contributed by atoms with Crippen molar-refractivity contribution in [3.8, 4) is 0 Å². The summed E-state index contributed by atoms with van der Waals surface area (Å²) < 4.78 is 0. The smallest absolute Gasteiger partial charge is 0.242 e. The number of nitrogens with one attached hydrogen (secondary N) is 1. The van der Waals surface area contributed by atoms with Crippen LogP contribution in [-0.4, -0.2) is 41.1 Å². The number of hydrogen-bond acceptors (Lipinski definition) is 3. The molecule has 0 saturated carbocycles. The monoisotopic (exact) mass is 412 g/mol. The first kappa shape index (κ1) is 23.0. The lowest BCUT2D eigenvalue weighted by Gasteiger charge is -2.29. The van der Waals surface area contributed by atoms with E-state index in [4.69, 9.17) is 0 Å². The van der Waals surface area contributed by atoms with Crippen LogP contribution in [0.2, 0.25) is 0 Å². The molecule has 1 N–H and O–H groups in total. The maximum Gasteiger partial charge on any atom is 0.242 e. The van der Waals surface area contributed by atoms with E-state index in [2.05, 4.69) is 29.6 Å². The molecule has 2 amide bonds. The van der Waals surface area contributed by atoms with E-state index in [1.54, 1.807) is 16.7 Å². The quantitative estimate of drug-likeness (QED) is 0.560. The fourth-order valence-electron chi connectivity index (χ4n) is 3.04. The van der Waals surface area contributed by atoms with Crippen LogP contribution in [-0.2, 0) is 21.8 Å². The number of hydrogen-bond donors (Lipinski definition) is 1. The highest BCUT2D eigenvalue weighted by Gasteiger charge is 2.25. The van der Waals surface area contributed by atoms with E-state index in [1.807, 2.05) is 57.2 Å². The predicted molar refractivity (Wildman–Crippen MR) is 122 cm³/mol. The Labute approximate surface area is 179 Å². The summed E-state index contributed by atoms with van der Waals surface area (Å²) in [4.78, 5) is 27.2. The summed E-state index contributed by atoms with van der Waals surface area (Å²) >= 11 is 1.75. The number of rotatable bonds is 11. The van der Waals surface area contributed by atoms with Gasteiger partial charge in [0.15, 0.2) is 0 Å². The summed E-state index contributed by atoms with van der Waals surface area (Å²) in [5.74, 6) is 1.57. The lowest BCUT2D eigenvalue weighted by molar-refractivity contribution is -0.139. The topological polar surface area (TPSA) is 49.4 Å². The van der Waals surface area contributed by atoms with Gasteiger partial charge in [0.1, 0.15) is 6.04 Å². The van der Waals surface area contributed by atoms with Crippen molar-refractivity contribution in [1.82, 2.24) is 10.2 Å². The molecule has 4 nitrogen and oxygen atoms in total. The van der Waals surface area contributed by atoms with Gasteiger partial charge in [-0.3, -0.25) is 9.59 Å². The third kappa shape index (κ3) is 8.32. The van der Waals surface area contributed by atoms with Gasteiger partial charge in [0.05, 0.1) is 0 Å². The van der Waals surface area contributed by atoms with Crippen molar-refractivity contribution in [3.63, 3.8) is 0 Å². The number of carbonyl (C=O) groups is 2. The Morgan fingerprint density at radius 2 is 1.52 bits per heavy atom. The molecule has 5 heteroatoms. The molecule has 2 aromatic carbocycles. The van der Waals surface area contributed by atoms with E-state index < -0.39 is 6.04 Å². The van der Waals surface area contributed by atoms with Crippen LogP contribution in [0.5, 0.6) is 0 Å². The predicted octanol–water partition coefficient (Wildman–Crippen LogP) is 4.29. The van der Waals surface area contributed by atoms with Crippen molar-refractivity contribution in [2.45, 2.75) is 51.4 Å². The van der Waals surface area contributed by atoms with Gasteiger partial charge < -0.3 is 10.2 Å². The first-order valence-corrected chi connectivity index (χ1v) is 11.4. The Balaban J connectivity index is 1.92. The van der Waals surface area contributed by atoms with Gasteiger partial charge in [-0.2, -0.15) is 11.8 Å². The van der Waals surface area contributed by atoms with Crippen LogP contribution < -0.4 is 5.32 Å². The molecule has 0 heterocycles. The Bertz CT molecular complexity index is 750. The van der Waals surface area contributed by atoms with E-state index >= 15 is 0 Å². The van der Waals surface area contributed by atoms with Crippen LogP contribution in [0.3, 0.4) is 0 Å².